The second-order valence-corrected chi connectivity index (χ2v) is 11.5. The van der Waals surface area contributed by atoms with Crippen LogP contribution in [0.5, 0.6) is 5.75 Å². The third kappa shape index (κ3) is 7.52. The summed E-state index contributed by atoms with van der Waals surface area (Å²) < 4.78 is 33.9. The first-order valence-corrected chi connectivity index (χ1v) is 14.4. The molecule has 0 aromatic heterocycles. The Hall–Kier alpha value is -3.56. The molecule has 10 heteroatoms. The van der Waals surface area contributed by atoms with Gasteiger partial charge in [-0.15, -0.1) is 0 Å². The molecule has 0 unspecified atom stereocenters. The second kappa shape index (κ2) is 13.5. The lowest BCUT2D eigenvalue weighted by molar-refractivity contribution is -0.140. The van der Waals surface area contributed by atoms with E-state index in [1.807, 2.05) is 13.8 Å². The van der Waals surface area contributed by atoms with Crippen molar-refractivity contribution < 1.29 is 22.7 Å². The third-order valence-electron chi connectivity index (χ3n) is 6.09. The van der Waals surface area contributed by atoms with Crippen molar-refractivity contribution in [2.24, 2.45) is 0 Å². The van der Waals surface area contributed by atoms with Crippen LogP contribution in [-0.4, -0.2) is 50.9 Å². The topological polar surface area (TPSA) is 96.0 Å². The number of hydrogen-bond donors (Lipinski definition) is 1. The van der Waals surface area contributed by atoms with Gasteiger partial charge in [-0.25, -0.2) is 8.42 Å². The zero-order chi connectivity index (χ0) is 28.6. The SMILES string of the molecule is CC[C@H](C(=O)NC(C)C)N(Cc1ccccc1Cl)C(=O)CN(c1ccccc1)S(=O)(=O)c1ccc(OC)cc1. The number of methoxy groups -OCH3 is 1. The van der Waals surface area contributed by atoms with E-state index in [0.717, 1.165) is 4.31 Å². The lowest BCUT2D eigenvalue weighted by Gasteiger charge is -2.33. The van der Waals surface area contributed by atoms with Crippen molar-refractivity contribution in [3.63, 3.8) is 0 Å². The summed E-state index contributed by atoms with van der Waals surface area (Å²) in [5, 5.41) is 3.32. The fourth-order valence-corrected chi connectivity index (χ4v) is 5.72. The van der Waals surface area contributed by atoms with Crippen LogP contribution in [0.1, 0.15) is 32.8 Å². The van der Waals surface area contributed by atoms with E-state index in [9.17, 15) is 18.0 Å². The molecule has 0 saturated heterocycles. The van der Waals surface area contributed by atoms with Gasteiger partial charge in [0.2, 0.25) is 11.8 Å². The van der Waals surface area contributed by atoms with E-state index in [4.69, 9.17) is 16.3 Å². The number of nitrogens with zero attached hydrogens (tertiary/aromatic N) is 2. The van der Waals surface area contributed by atoms with Crippen LogP contribution >= 0.6 is 11.6 Å². The summed E-state index contributed by atoms with van der Waals surface area (Å²) in [6.07, 6.45) is 0.325. The molecule has 0 radical (unpaired) electrons. The molecule has 0 fully saturated rings. The van der Waals surface area contributed by atoms with Crippen molar-refractivity contribution in [1.82, 2.24) is 10.2 Å². The minimum Gasteiger partial charge on any atom is -0.497 e. The molecular formula is C29H34ClN3O5S. The van der Waals surface area contributed by atoms with Gasteiger partial charge in [0.15, 0.2) is 0 Å². The standard InChI is InChI=1S/C29H34ClN3O5S/c1-5-27(29(35)31-21(2)3)32(19-22-11-9-10-14-26(22)30)28(34)20-33(23-12-7-6-8-13-23)39(36,37)25-17-15-24(38-4)16-18-25/h6-18,21,27H,5,19-20H2,1-4H3,(H,31,35)/t27-/m1/s1. The number of para-hydroxylation sites is 1. The van der Waals surface area contributed by atoms with E-state index in [2.05, 4.69) is 5.32 Å². The van der Waals surface area contributed by atoms with E-state index in [0.29, 0.717) is 28.4 Å². The van der Waals surface area contributed by atoms with Gasteiger partial charge in [-0.1, -0.05) is 54.9 Å². The largest absolute Gasteiger partial charge is 0.497 e. The lowest BCUT2D eigenvalue weighted by atomic mass is 10.1. The van der Waals surface area contributed by atoms with Crippen LogP contribution in [0.3, 0.4) is 0 Å². The number of carbonyl (C=O) groups excluding carboxylic acids is 2. The Morgan fingerprint density at radius 3 is 2.13 bits per heavy atom. The van der Waals surface area contributed by atoms with Crippen molar-refractivity contribution >= 4 is 39.1 Å². The van der Waals surface area contributed by atoms with Crippen LogP contribution in [0.15, 0.2) is 83.8 Å². The Kier molecular flexibility index (Phi) is 10.4. The van der Waals surface area contributed by atoms with E-state index in [-0.39, 0.29) is 23.4 Å². The summed E-state index contributed by atoms with van der Waals surface area (Å²) in [6, 6.07) is 20.4. The summed E-state index contributed by atoms with van der Waals surface area (Å²) in [5.41, 5.74) is 0.964. The van der Waals surface area contributed by atoms with Crippen LogP contribution in [-0.2, 0) is 26.2 Å². The number of benzene rings is 3. The van der Waals surface area contributed by atoms with Gasteiger partial charge in [0, 0.05) is 17.6 Å². The quantitative estimate of drug-likeness (QED) is 0.334. The zero-order valence-corrected chi connectivity index (χ0v) is 24.1. The molecule has 1 N–H and O–H groups in total. The smallest absolute Gasteiger partial charge is 0.264 e. The number of hydrogen-bond acceptors (Lipinski definition) is 5. The average Bonchev–Trinajstić information content (AvgIpc) is 2.92. The predicted octanol–water partition coefficient (Wildman–Crippen LogP) is 4.88. The Balaban J connectivity index is 2.05. The first-order valence-electron chi connectivity index (χ1n) is 12.6. The maximum atomic E-state index is 14.0. The Morgan fingerprint density at radius 1 is 0.949 bits per heavy atom. The van der Waals surface area contributed by atoms with Gasteiger partial charge < -0.3 is 15.0 Å². The molecule has 3 aromatic carbocycles. The predicted molar refractivity (Wildman–Crippen MR) is 153 cm³/mol. The second-order valence-electron chi connectivity index (χ2n) is 9.22. The summed E-state index contributed by atoms with van der Waals surface area (Å²) in [6.45, 7) is 5.00. The van der Waals surface area contributed by atoms with Crippen LogP contribution in [0, 0.1) is 0 Å². The number of rotatable bonds is 12. The van der Waals surface area contributed by atoms with Gasteiger partial charge >= 0.3 is 0 Å². The first-order chi connectivity index (χ1) is 18.6. The van der Waals surface area contributed by atoms with Gasteiger partial charge in [-0.3, -0.25) is 13.9 Å². The Bertz CT molecular complexity index is 1370. The monoisotopic (exact) mass is 571 g/mol. The van der Waals surface area contributed by atoms with Crippen molar-refractivity contribution in [2.75, 3.05) is 18.0 Å². The van der Waals surface area contributed by atoms with Gasteiger partial charge in [0.25, 0.3) is 10.0 Å². The molecule has 208 valence electrons. The molecule has 0 aliphatic carbocycles. The summed E-state index contributed by atoms with van der Waals surface area (Å²) >= 11 is 6.41. The number of ether oxygens (including phenoxy) is 1. The molecular weight excluding hydrogens is 538 g/mol. The normalized spacial score (nSPS) is 12.1. The first kappa shape index (κ1) is 30.0. The molecule has 0 aliphatic heterocycles. The molecule has 2 amide bonds. The van der Waals surface area contributed by atoms with Gasteiger partial charge in [0.05, 0.1) is 17.7 Å². The molecule has 0 heterocycles. The number of halogens is 1. The van der Waals surface area contributed by atoms with Gasteiger partial charge in [0.1, 0.15) is 18.3 Å². The molecule has 0 spiro atoms. The van der Waals surface area contributed by atoms with E-state index in [1.54, 1.807) is 73.7 Å². The average molecular weight is 572 g/mol. The van der Waals surface area contributed by atoms with Crippen molar-refractivity contribution in [3.8, 4) is 5.75 Å². The number of amides is 2. The number of carbonyl (C=O) groups is 2. The summed E-state index contributed by atoms with van der Waals surface area (Å²) in [7, 11) is -2.67. The van der Waals surface area contributed by atoms with Crippen molar-refractivity contribution in [3.05, 3.63) is 89.4 Å². The summed E-state index contributed by atoms with van der Waals surface area (Å²) in [4.78, 5) is 28.6. The van der Waals surface area contributed by atoms with Crippen LogP contribution in [0.4, 0.5) is 5.69 Å². The third-order valence-corrected chi connectivity index (χ3v) is 8.24. The number of anilines is 1. The van der Waals surface area contributed by atoms with Crippen LogP contribution < -0.4 is 14.4 Å². The Labute approximate surface area is 235 Å². The molecule has 8 nitrogen and oxygen atoms in total. The minimum absolute atomic E-state index is 0.00204. The fourth-order valence-electron chi connectivity index (χ4n) is 4.11. The maximum Gasteiger partial charge on any atom is 0.264 e. The van der Waals surface area contributed by atoms with E-state index < -0.39 is 28.5 Å². The molecule has 3 aromatic rings. The highest BCUT2D eigenvalue weighted by Crippen LogP contribution is 2.26. The highest BCUT2D eigenvalue weighted by Gasteiger charge is 2.34. The number of sulfonamides is 1. The highest BCUT2D eigenvalue weighted by atomic mass is 35.5. The highest BCUT2D eigenvalue weighted by molar-refractivity contribution is 7.92. The van der Waals surface area contributed by atoms with Crippen molar-refractivity contribution in [2.45, 2.75) is 50.7 Å². The molecule has 0 aliphatic rings. The van der Waals surface area contributed by atoms with Crippen LogP contribution in [0.2, 0.25) is 5.02 Å². The van der Waals surface area contributed by atoms with Crippen molar-refractivity contribution in [1.29, 1.82) is 0 Å². The van der Waals surface area contributed by atoms with E-state index >= 15 is 0 Å². The maximum absolute atomic E-state index is 14.0. The fraction of sp³-hybridized carbons (Fsp3) is 0.310. The minimum atomic E-state index is -4.16. The van der Waals surface area contributed by atoms with Gasteiger partial charge in [-0.05, 0) is 68.3 Å². The Morgan fingerprint density at radius 2 is 1.56 bits per heavy atom. The molecule has 1 atom stereocenters. The number of nitrogens with one attached hydrogen (secondary N) is 1. The van der Waals surface area contributed by atoms with Gasteiger partial charge in [-0.2, -0.15) is 0 Å². The molecule has 0 bridgehead atoms. The molecule has 3 rings (SSSR count). The van der Waals surface area contributed by atoms with Crippen LogP contribution in [0.25, 0.3) is 0 Å². The molecule has 0 saturated carbocycles. The zero-order valence-electron chi connectivity index (χ0n) is 22.5. The lowest BCUT2D eigenvalue weighted by Crippen LogP contribution is -2.53. The summed E-state index contributed by atoms with van der Waals surface area (Å²) in [5.74, 6) is -0.358. The van der Waals surface area contributed by atoms with E-state index in [1.165, 1.54) is 24.1 Å². The molecule has 39 heavy (non-hydrogen) atoms.